The van der Waals surface area contributed by atoms with Gasteiger partial charge in [0.25, 0.3) is 0 Å². The third-order valence-corrected chi connectivity index (χ3v) is 3.94. The highest BCUT2D eigenvalue weighted by Gasteiger charge is 2.58. The minimum absolute atomic E-state index is 0.164. The quantitative estimate of drug-likeness (QED) is 0.789. The van der Waals surface area contributed by atoms with Crippen LogP contribution in [0.25, 0.3) is 0 Å². The van der Waals surface area contributed by atoms with Gasteiger partial charge in [-0.25, -0.2) is 0 Å². The number of hydrogen-bond acceptors (Lipinski definition) is 6. The lowest BCUT2D eigenvalue weighted by molar-refractivity contribution is -0.235. The molecular formula is C15H26O6. The SMILES string of the molecule is CCCO[C@@H]1[C@H]([C@@H]2COC(C)(C)O2)O[C@H]2OC(C)(C)O[C@@H]21. The van der Waals surface area contributed by atoms with Crippen molar-refractivity contribution in [2.45, 2.75) is 83.3 Å². The van der Waals surface area contributed by atoms with Gasteiger partial charge in [0.15, 0.2) is 17.9 Å². The normalized spacial score (nSPS) is 44.1. The van der Waals surface area contributed by atoms with Gasteiger partial charge in [-0.2, -0.15) is 0 Å². The van der Waals surface area contributed by atoms with Gasteiger partial charge in [0.2, 0.25) is 0 Å². The van der Waals surface area contributed by atoms with Gasteiger partial charge >= 0.3 is 0 Å². The second kappa shape index (κ2) is 5.44. The third kappa shape index (κ3) is 3.11. The Bertz CT molecular complexity index is 382. The number of hydrogen-bond donors (Lipinski definition) is 0. The molecule has 3 heterocycles. The molecule has 0 aliphatic carbocycles. The molecule has 0 radical (unpaired) electrons. The fourth-order valence-corrected chi connectivity index (χ4v) is 3.12. The molecule has 122 valence electrons. The Hall–Kier alpha value is -0.240. The first-order valence-corrected chi connectivity index (χ1v) is 7.76. The monoisotopic (exact) mass is 302 g/mol. The maximum Gasteiger partial charge on any atom is 0.190 e. The Morgan fingerprint density at radius 3 is 2.38 bits per heavy atom. The van der Waals surface area contributed by atoms with Crippen LogP contribution in [0.2, 0.25) is 0 Å². The third-order valence-electron chi connectivity index (χ3n) is 3.94. The molecule has 6 heteroatoms. The molecule has 6 nitrogen and oxygen atoms in total. The molecule has 0 aromatic rings. The van der Waals surface area contributed by atoms with Gasteiger partial charge in [-0.05, 0) is 34.1 Å². The summed E-state index contributed by atoms with van der Waals surface area (Å²) in [5, 5.41) is 0. The van der Waals surface area contributed by atoms with E-state index in [2.05, 4.69) is 6.92 Å². The van der Waals surface area contributed by atoms with Crippen LogP contribution in [-0.4, -0.2) is 55.5 Å². The molecule has 3 aliphatic rings. The molecule has 3 fully saturated rings. The molecule has 0 spiro atoms. The molecule has 21 heavy (non-hydrogen) atoms. The van der Waals surface area contributed by atoms with E-state index in [9.17, 15) is 0 Å². The van der Waals surface area contributed by atoms with Gasteiger partial charge < -0.3 is 28.4 Å². The number of rotatable bonds is 4. The Balaban J connectivity index is 1.72. The second-order valence-corrected chi connectivity index (χ2v) is 6.77. The van der Waals surface area contributed by atoms with Crippen LogP contribution in [0.3, 0.4) is 0 Å². The summed E-state index contributed by atoms with van der Waals surface area (Å²) in [7, 11) is 0. The molecule has 0 aromatic heterocycles. The van der Waals surface area contributed by atoms with Crippen molar-refractivity contribution in [3.05, 3.63) is 0 Å². The molecule has 3 rings (SSSR count). The molecule has 0 aromatic carbocycles. The first-order chi connectivity index (χ1) is 9.81. The van der Waals surface area contributed by atoms with Crippen molar-refractivity contribution in [1.29, 1.82) is 0 Å². The summed E-state index contributed by atoms with van der Waals surface area (Å²) in [5.41, 5.74) is 0. The van der Waals surface area contributed by atoms with Crippen LogP contribution in [-0.2, 0) is 28.4 Å². The highest BCUT2D eigenvalue weighted by Crippen LogP contribution is 2.41. The Morgan fingerprint density at radius 1 is 1.00 bits per heavy atom. The standard InChI is InChI=1S/C15H26O6/c1-6-7-16-11-10(9-8-17-14(2,3)19-9)18-13-12(11)20-15(4,5)21-13/h9-13H,6-8H2,1-5H3/t9-,10-,11+,12+,13-/m0/s1. The van der Waals surface area contributed by atoms with Crippen molar-refractivity contribution >= 4 is 0 Å². The van der Waals surface area contributed by atoms with E-state index in [4.69, 9.17) is 28.4 Å². The molecule has 0 N–H and O–H groups in total. The van der Waals surface area contributed by atoms with Gasteiger partial charge in [0.1, 0.15) is 24.4 Å². The zero-order valence-electron chi connectivity index (χ0n) is 13.5. The van der Waals surface area contributed by atoms with Crippen LogP contribution in [0, 0.1) is 0 Å². The van der Waals surface area contributed by atoms with Crippen LogP contribution in [0.5, 0.6) is 0 Å². The van der Waals surface area contributed by atoms with Gasteiger partial charge in [0.05, 0.1) is 6.61 Å². The first kappa shape index (κ1) is 15.6. The summed E-state index contributed by atoms with van der Waals surface area (Å²) >= 11 is 0. The van der Waals surface area contributed by atoms with E-state index in [1.807, 2.05) is 27.7 Å². The highest BCUT2D eigenvalue weighted by molar-refractivity contribution is 4.98. The zero-order chi connectivity index (χ0) is 15.3. The maximum atomic E-state index is 6.03. The molecule has 0 saturated carbocycles. The van der Waals surface area contributed by atoms with E-state index in [1.165, 1.54) is 0 Å². The lowest BCUT2D eigenvalue weighted by atomic mass is 10.1. The lowest BCUT2D eigenvalue weighted by Crippen LogP contribution is -2.44. The predicted octanol–water partition coefficient (Wildman–Crippen LogP) is 1.81. The first-order valence-electron chi connectivity index (χ1n) is 7.76. The largest absolute Gasteiger partial charge is 0.372 e. The van der Waals surface area contributed by atoms with Crippen molar-refractivity contribution in [2.24, 2.45) is 0 Å². The van der Waals surface area contributed by atoms with Gasteiger partial charge in [-0.3, -0.25) is 0 Å². The molecule has 0 unspecified atom stereocenters. The van der Waals surface area contributed by atoms with Gasteiger partial charge in [-0.15, -0.1) is 0 Å². The van der Waals surface area contributed by atoms with Crippen LogP contribution in [0.15, 0.2) is 0 Å². The summed E-state index contributed by atoms with van der Waals surface area (Å²) < 4.78 is 35.3. The average Bonchev–Trinajstić information content (AvgIpc) is 2.96. The summed E-state index contributed by atoms with van der Waals surface area (Å²) in [4.78, 5) is 0. The smallest absolute Gasteiger partial charge is 0.190 e. The van der Waals surface area contributed by atoms with E-state index in [0.717, 1.165) is 6.42 Å². The molecule has 0 amide bonds. The van der Waals surface area contributed by atoms with Gasteiger partial charge in [-0.1, -0.05) is 6.92 Å². The van der Waals surface area contributed by atoms with E-state index in [1.54, 1.807) is 0 Å². The maximum absolute atomic E-state index is 6.03. The van der Waals surface area contributed by atoms with Crippen molar-refractivity contribution in [3.63, 3.8) is 0 Å². The highest BCUT2D eigenvalue weighted by atomic mass is 16.8. The summed E-state index contributed by atoms with van der Waals surface area (Å²) in [6.07, 6.45) is -0.271. The van der Waals surface area contributed by atoms with E-state index in [-0.39, 0.29) is 24.4 Å². The molecule has 5 atom stereocenters. The Morgan fingerprint density at radius 2 is 1.76 bits per heavy atom. The predicted molar refractivity (Wildman–Crippen MR) is 73.6 cm³/mol. The van der Waals surface area contributed by atoms with Crippen LogP contribution in [0.4, 0.5) is 0 Å². The van der Waals surface area contributed by atoms with E-state index < -0.39 is 17.9 Å². The van der Waals surface area contributed by atoms with E-state index >= 15 is 0 Å². The fraction of sp³-hybridized carbons (Fsp3) is 1.00. The molecular weight excluding hydrogens is 276 g/mol. The molecule has 0 bridgehead atoms. The lowest BCUT2D eigenvalue weighted by Gasteiger charge is -2.29. The summed E-state index contributed by atoms with van der Waals surface area (Å²) in [6, 6.07) is 0. The van der Waals surface area contributed by atoms with Crippen LogP contribution < -0.4 is 0 Å². The second-order valence-electron chi connectivity index (χ2n) is 6.77. The number of ether oxygens (including phenoxy) is 6. The van der Waals surface area contributed by atoms with Crippen molar-refractivity contribution in [3.8, 4) is 0 Å². The average molecular weight is 302 g/mol. The van der Waals surface area contributed by atoms with Crippen LogP contribution >= 0.6 is 0 Å². The Labute approximate surface area is 126 Å². The summed E-state index contributed by atoms with van der Waals surface area (Å²) in [5.74, 6) is -1.22. The van der Waals surface area contributed by atoms with Crippen molar-refractivity contribution in [2.75, 3.05) is 13.2 Å². The van der Waals surface area contributed by atoms with E-state index in [0.29, 0.717) is 13.2 Å². The summed E-state index contributed by atoms with van der Waals surface area (Å²) in [6.45, 7) is 10.8. The fourth-order valence-electron chi connectivity index (χ4n) is 3.12. The minimum atomic E-state index is -0.638. The molecule has 3 saturated heterocycles. The van der Waals surface area contributed by atoms with Crippen molar-refractivity contribution < 1.29 is 28.4 Å². The minimum Gasteiger partial charge on any atom is -0.372 e. The van der Waals surface area contributed by atoms with Gasteiger partial charge in [0, 0.05) is 6.61 Å². The molecule has 3 aliphatic heterocycles. The van der Waals surface area contributed by atoms with Crippen molar-refractivity contribution in [1.82, 2.24) is 0 Å². The Kier molecular flexibility index (Phi) is 4.05. The van der Waals surface area contributed by atoms with Crippen LogP contribution in [0.1, 0.15) is 41.0 Å². The topological polar surface area (TPSA) is 55.4 Å². The number of fused-ring (bicyclic) bond motifs is 1. The zero-order valence-corrected chi connectivity index (χ0v) is 13.5.